The number of hydrogen-bond acceptors (Lipinski definition) is 3. The highest BCUT2D eigenvalue weighted by Crippen LogP contribution is 2.23. The number of benzene rings is 1. The van der Waals surface area contributed by atoms with Crippen LogP contribution in [-0.4, -0.2) is 17.7 Å². The number of hydrogen-bond donors (Lipinski definition) is 1. The van der Waals surface area contributed by atoms with Gasteiger partial charge >= 0.3 is 5.97 Å². The molecule has 0 aliphatic rings. The van der Waals surface area contributed by atoms with Gasteiger partial charge in [0.25, 0.3) is 0 Å². The van der Waals surface area contributed by atoms with Crippen LogP contribution in [0.15, 0.2) is 18.2 Å². The van der Waals surface area contributed by atoms with Crippen LogP contribution in [0.2, 0.25) is 5.02 Å². The van der Waals surface area contributed by atoms with Crippen LogP contribution in [0.5, 0.6) is 0 Å². The van der Waals surface area contributed by atoms with Gasteiger partial charge in [0.15, 0.2) is 0 Å². The second-order valence-corrected chi connectivity index (χ2v) is 3.94. The second-order valence-electron chi connectivity index (χ2n) is 3.53. The first-order valence-corrected chi connectivity index (χ1v) is 5.71. The van der Waals surface area contributed by atoms with Gasteiger partial charge in [-0.2, -0.15) is 0 Å². The largest absolute Gasteiger partial charge is 0.466 e. The minimum atomic E-state index is -0.897. The molecule has 1 rings (SSSR count). The van der Waals surface area contributed by atoms with Crippen LogP contribution in [-0.2, 0) is 9.53 Å². The molecule has 0 bridgehead atoms. The average molecular weight is 261 g/mol. The molecule has 0 saturated carbocycles. The van der Waals surface area contributed by atoms with Crippen molar-refractivity contribution >= 4 is 17.6 Å². The van der Waals surface area contributed by atoms with Crippen molar-refractivity contribution in [2.45, 2.75) is 25.9 Å². The lowest BCUT2D eigenvalue weighted by Crippen LogP contribution is -2.07. The topological polar surface area (TPSA) is 46.5 Å². The van der Waals surface area contributed by atoms with Crippen molar-refractivity contribution in [1.82, 2.24) is 0 Å². The third-order valence-corrected chi connectivity index (χ3v) is 2.56. The fourth-order valence-electron chi connectivity index (χ4n) is 1.37. The summed E-state index contributed by atoms with van der Waals surface area (Å²) in [7, 11) is 0. The zero-order chi connectivity index (χ0) is 12.8. The molecule has 1 aromatic carbocycles. The molecule has 0 spiro atoms. The fourth-order valence-corrected chi connectivity index (χ4v) is 1.49. The quantitative estimate of drug-likeness (QED) is 0.828. The highest BCUT2D eigenvalue weighted by Gasteiger charge is 2.12. The first kappa shape index (κ1) is 13.9. The van der Waals surface area contributed by atoms with E-state index in [1.807, 2.05) is 0 Å². The lowest BCUT2D eigenvalue weighted by molar-refractivity contribution is -0.143. The maximum atomic E-state index is 13.1. The van der Waals surface area contributed by atoms with Crippen molar-refractivity contribution < 1.29 is 19.0 Å². The Kier molecular flexibility index (Phi) is 5.38. The number of aliphatic hydroxyl groups excluding tert-OH is 1. The molecule has 0 fully saturated rings. The third kappa shape index (κ3) is 4.32. The Balaban J connectivity index is 2.54. The lowest BCUT2D eigenvalue weighted by Gasteiger charge is -2.10. The van der Waals surface area contributed by atoms with Crippen molar-refractivity contribution in [1.29, 1.82) is 0 Å². The average Bonchev–Trinajstić information content (AvgIpc) is 2.30. The molecule has 0 radical (unpaired) electrons. The Morgan fingerprint density at radius 3 is 2.88 bits per heavy atom. The molecule has 1 unspecified atom stereocenters. The van der Waals surface area contributed by atoms with Crippen LogP contribution in [0.25, 0.3) is 0 Å². The standard InChI is InChI=1S/C12H14ClFO3/c1-2-17-12(16)6-5-11(15)8-3-4-9(13)10(14)7-8/h3-4,7,11,15H,2,5-6H2,1H3. The summed E-state index contributed by atoms with van der Waals surface area (Å²) < 4.78 is 17.9. The lowest BCUT2D eigenvalue weighted by atomic mass is 10.0. The second kappa shape index (κ2) is 6.57. The summed E-state index contributed by atoms with van der Waals surface area (Å²) in [6.45, 7) is 2.02. The molecule has 3 nitrogen and oxygen atoms in total. The predicted octanol–water partition coefficient (Wildman–Crippen LogP) is 2.86. The molecule has 0 aliphatic heterocycles. The van der Waals surface area contributed by atoms with E-state index >= 15 is 0 Å². The van der Waals surface area contributed by atoms with Crippen molar-refractivity contribution in [3.05, 3.63) is 34.6 Å². The number of carbonyl (C=O) groups is 1. The van der Waals surface area contributed by atoms with E-state index in [1.54, 1.807) is 6.92 Å². The first-order chi connectivity index (χ1) is 8.04. The van der Waals surface area contributed by atoms with Crippen molar-refractivity contribution in [2.75, 3.05) is 6.61 Å². The molecule has 1 aromatic rings. The molecular weight excluding hydrogens is 247 g/mol. The number of aliphatic hydroxyl groups is 1. The smallest absolute Gasteiger partial charge is 0.305 e. The Hall–Kier alpha value is -1.13. The van der Waals surface area contributed by atoms with Gasteiger partial charge in [-0.3, -0.25) is 4.79 Å². The van der Waals surface area contributed by atoms with E-state index in [2.05, 4.69) is 0 Å². The van der Waals surface area contributed by atoms with Crippen molar-refractivity contribution in [3.63, 3.8) is 0 Å². The van der Waals surface area contributed by atoms with E-state index < -0.39 is 11.9 Å². The molecule has 1 atom stereocenters. The van der Waals surface area contributed by atoms with Gasteiger partial charge in [0.1, 0.15) is 5.82 Å². The van der Waals surface area contributed by atoms with Gasteiger partial charge in [0.05, 0.1) is 17.7 Å². The summed E-state index contributed by atoms with van der Waals surface area (Å²) in [5.74, 6) is -0.958. The van der Waals surface area contributed by atoms with Crippen molar-refractivity contribution in [2.24, 2.45) is 0 Å². The van der Waals surface area contributed by atoms with E-state index in [0.29, 0.717) is 12.2 Å². The van der Waals surface area contributed by atoms with Crippen LogP contribution < -0.4 is 0 Å². The number of halogens is 2. The molecule has 0 aromatic heterocycles. The zero-order valence-electron chi connectivity index (χ0n) is 9.45. The van der Waals surface area contributed by atoms with E-state index in [4.69, 9.17) is 16.3 Å². The maximum Gasteiger partial charge on any atom is 0.305 e. The van der Waals surface area contributed by atoms with E-state index in [1.165, 1.54) is 12.1 Å². The minimum absolute atomic E-state index is 0.00587. The van der Waals surface area contributed by atoms with Gasteiger partial charge in [-0.05, 0) is 31.0 Å². The summed E-state index contributed by atoms with van der Waals surface area (Å²) in [6.07, 6.45) is -0.606. The molecule has 0 amide bonds. The Bertz CT molecular complexity index is 395. The molecule has 0 heterocycles. The molecule has 0 saturated heterocycles. The Morgan fingerprint density at radius 2 is 2.29 bits per heavy atom. The van der Waals surface area contributed by atoms with Crippen molar-refractivity contribution in [3.8, 4) is 0 Å². The monoisotopic (exact) mass is 260 g/mol. The predicted molar refractivity (Wildman–Crippen MR) is 62.2 cm³/mol. The molecular formula is C12H14ClFO3. The summed E-state index contributed by atoms with van der Waals surface area (Å²) in [4.78, 5) is 11.1. The normalized spacial score (nSPS) is 12.2. The first-order valence-electron chi connectivity index (χ1n) is 5.33. The zero-order valence-corrected chi connectivity index (χ0v) is 10.2. The molecule has 94 valence electrons. The van der Waals surface area contributed by atoms with Gasteiger partial charge in [-0.25, -0.2) is 4.39 Å². The third-order valence-electron chi connectivity index (χ3n) is 2.26. The minimum Gasteiger partial charge on any atom is -0.466 e. The summed E-state index contributed by atoms with van der Waals surface area (Å²) in [5.41, 5.74) is 0.399. The molecule has 1 N–H and O–H groups in total. The van der Waals surface area contributed by atoms with Crippen LogP contribution in [0.3, 0.4) is 0 Å². The van der Waals surface area contributed by atoms with Crippen LogP contribution in [0.1, 0.15) is 31.4 Å². The maximum absolute atomic E-state index is 13.1. The van der Waals surface area contributed by atoms with Crippen LogP contribution >= 0.6 is 11.6 Å². The van der Waals surface area contributed by atoms with Gasteiger partial charge in [-0.15, -0.1) is 0 Å². The number of ether oxygens (including phenoxy) is 1. The fraction of sp³-hybridized carbons (Fsp3) is 0.417. The van der Waals surface area contributed by atoms with Crippen LogP contribution in [0.4, 0.5) is 4.39 Å². The van der Waals surface area contributed by atoms with Gasteiger partial charge < -0.3 is 9.84 Å². The van der Waals surface area contributed by atoms with Gasteiger partial charge in [0.2, 0.25) is 0 Å². The number of esters is 1. The Labute approximate surface area is 104 Å². The highest BCUT2D eigenvalue weighted by atomic mass is 35.5. The van der Waals surface area contributed by atoms with E-state index in [-0.39, 0.29) is 23.8 Å². The van der Waals surface area contributed by atoms with E-state index in [0.717, 1.165) is 6.07 Å². The summed E-state index contributed by atoms with van der Waals surface area (Å²) in [5, 5.41) is 9.74. The number of carbonyl (C=O) groups excluding carboxylic acids is 1. The van der Waals surface area contributed by atoms with Crippen LogP contribution in [0, 0.1) is 5.82 Å². The Morgan fingerprint density at radius 1 is 1.59 bits per heavy atom. The highest BCUT2D eigenvalue weighted by molar-refractivity contribution is 6.30. The summed E-state index contributed by atoms with van der Waals surface area (Å²) >= 11 is 5.52. The molecule has 0 aliphatic carbocycles. The number of rotatable bonds is 5. The van der Waals surface area contributed by atoms with Gasteiger partial charge in [0, 0.05) is 6.42 Å². The SMILES string of the molecule is CCOC(=O)CCC(O)c1ccc(Cl)c(F)c1. The summed E-state index contributed by atoms with van der Waals surface area (Å²) in [6, 6.07) is 4.07. The molecule has 5 heteroatoms. The van der Waals surface area contributed by atoms with Gasteiger partial charge in [-0.1, -0.05) is 17.7 Å². The molecule has 17 heavy (non-hydrogen) atoms. The van der Waals surface area contributed by atoms with E-state index in [9.17, 15) is 14.3 Å².